The van der Waals surface area contributed by atoms with Crippen LogP contribution in [0.2, 0.25) is 0 Å². The molecule has 30 heavy (non-hydrogen) atoms. The lowest BCUT2D eigenvalue weighted by Crippen LogP contribution is -2.45. The normalized spacial score (nSPS) is 14.9. The first-order chi connectivity index (χ1) is 14.3. The van der Waals surface area contributed by atoms with E-state index in [4.69, 9.17) is 5.73 Å². The number of rotatable bonds is 9. The lowest BCUT2D eigenvalue weighted by atomic mass is 9.93. The standard InChI is InChI=1S/C23H32N4O2S/c1-4-21(24)22(29)26-15-23(2,3)14-25-18-6-5-16-12-27(13-17(16)11-18)30-20-9-7-19(28)8-10-20/h5-11,21,25,28H,4,12-15,24H2,1-3H3,(H,26,29). The van der Waals surface area contributed by atoms with Crippen LogP contribution in [0.3, 0.4) is 0 Å². The first-order valence-electron chi connectivity index (χ1n) is 10.4. The molecule has 1 unspecified atom stereocenters. The molecule has 162 valence electrons. The Morgan fingerprint density at radius 3 is 2.57 bits per heavy atom. The molecule has 0 aromatic heterocycles. The molecule has 0 saturated heterocycles. The molecule has 0 bridgehead atoms. The van der Waals surface area contributed by atoms with E-state index < -0.39 is 6.04 Å². The molecule has 0 radical (unpaired) electrons. The number of hydrogen-bond donors (Lipinski definition) is 4. The van der Waals surface area contributed by atoms with Crippen LogP contribution in [0.1, 0.15) is 38.3 Å². The number of nitrogens with two attached hydrogens (primary N) is 1. The van der Waals surface area contributed by atoms with Crippen LogP contribution in [0, 0.1) is 5.41 Å². The van der Waals surface area contributed by atoms with Gasteiger partial charge in [0.1, 0.15) is 5.75 Å². The van der Waals surface area contributed by atoms with Crippen LogP contribution in [0.5, 0.6) is 5.75 Å². The van der Waals surface area contributed by atoms with Gasteiger partial charge in [-0.05, 0) is 71.3 Å². The summed E-state index contributed by atoms with van der Waals surface area (Å²) < 4.78 is 2.32. The molecule has 5 N–H and O–H groups in total. The highest BCUT2D eigenvalue weighted by atomic mass is 32.2. The van der Waals surface area contributed by atoms with E-state index in [-0.39, 0.29) is 17.1 Å². The van der Waals surface area contributed by atoms with Crippen molar-refractivity contribution in [1.82, 2.24) is 9.62 Å². The lowest BCUT2D eigenvalue weighted by molar-refractivity contribution is -0.122. The molecular weight excluding hydrogens is 396 g/mol. The quantitative estimate of drug-likeness (QED) is 0.455. The second kappa shape index (κ2) is 9.73. The summed E-state index contributed by atoms with van der Waals surface area (Å²) in [7, 11) is 0. The predicted octanol–water partition coefficient (Wildman–Crippen LogP) is 3.71. The van der Waals surface area contributed by atoms with Crippen molar-refractivity contribution < 1.29 is 9.90 Å². The van der Waals surface area contributed by atoms with E-state index in [2.05, 4.69) is 47.0 Å². The second-order valence-electron chi connectivity index (χ2n) is 8.62. The number of phenols is 1. The van der Waals surface area contributed by atoms with E-state index in [9.17, 15) is 9.90 Å². The van der Waals surface area contributed by atoms with E-state index in [1.807, 2.05) is 19.1 Å². The predicted molar refractivity (Wildman–Crippen MR) is 123 cm³/mol. The van der Waals surface area contributed by atoms with Crippen molar-refractivity contribution in [2.45, 2.75) is 51.2 Å². The fraction of sp³-hybridized carbons (Fsp3) is 0.435. The number of nitrogens with one attached hydrogen (secondary N) is 2. The fourth-order valence-corrected chi connectivity index (χ4v) is 4.20. The summed E-state index contributed by atoms with van der Waals surface area (Å²) in [4.78, 5) is 13.0. The summed E-state index contributed by atoms with van der Waals surface area (Å²) in [5.41, 5.74) is 9.45. The van der Waals surface area contributed by atoms with Crippen molar-refractivity contribution in [2.75, 3.05) is 18.4 Å². The zero-order chi connectivity index (χ0) is 21.7. The van der Waals surface area contributed by atoms with Crippen molar-refractivity contribution in [3.8, 4) is 5.75 Å². The second-order valence-corrected chi connectivity index (χ2v) is 9.79. The van der Waals surface area contributed by atoms with E-state index >= 15 is 0 Å². The van der Waals surface area contributed by atoms with Gasteiger partial charge in [-0.25, -0.2) is 4.31 Å². The summed E-state index contributed by atoms with van der Waals surface area (Å²) in [6.07, 6.45) is 0.641. The number of carbonyl (C=O) groups is 1. The Kier molecular flexibility index (Phi) is 7.28. The minimum Gasteiger partial charge on any atom is -0.508 e. The molecule has 1 aliphatic rings. The van der Waals surface area contributed by atoms with E-state index in [1.54, 1.807) is 24.1 Å². The molecule has 2 aromatic rings. The van der Waals surface area contributed by atoms with Gasteiger partial charge in [0.25, 0.3) is 0 Å². The topological polar surface area (TPSA) is 90.6 Å². The minimum absolute atomic E-state index is 0.0886. The van der Waals surface area contributed by atoms with Gasteiger partial charge < -0.3 is 21.5 Å². The van der Waals surface area contributed by atoms with Gasteiger partial charge in [-0.3, -0.25) is 4.79 Å². The maximum atomic E-state index is 11.9. The van der Waals surface area contributed by atoms with Crippen molar-refractivity contribution >= 4 is 23.5 Å². The van der Waals surface area contributed by atoms with Crippen molar-refractivity contribution in [1.29, 1.82) is 0 Å². The number of nitrogens with zero attached hydrogens (tertiary/aromatic N) is 1. The Labute approximate surface area is 183 Å². The van der Waals surface area contributed by atoms with Crippen molar-refractivity contribution in [3.63, 3.8) is 0 Å². The van der Waals surface area contributed by atoms with Gasteiger partial charge in [0.15, 0.2) is 0 Å². The first kappa shape index (κ1) is 22.5. The molecule has 1 atom stereocenters. The highest BCUT2D eigenvalue weighted by Crippen LogP contribution is 2.34. The molecule has 0 fully saturated rings. The Bertz CT molecular complexity index is 870. The van der Waals surface area contributed by atoms with Gasteiger partial charge in [0.05, 0.1) is 6.04 Å². The molecule has 1 amide bonds. The number of anilines is 1. The van der Waals surface area contributed by atoms with Gasteiger partial charge in [0, 0.05) is 36.8 Å². The van der Waals surface area contributed by atoms with Gasteiger partial charge in [-0.1, -0.05) is 26.8 Å². The number of hydrogen-bond acceptors (Lipinski definition) is 6. The fourth-order valence-electron chi connectivity index (χ4n) is 3.24. The number of aromatic hydroxyl groups is 1. The molecule has 3 rings (SSSR count). The highest BCUT2D eigenvalue weighted by molar-refractivity contribution is 7.97. The van der Waals surface area contributed by atoms with Crippen LogP contribution in [-0.2, 0) is 17.9 Å². The van der Waals surface area contributed by atoms with Crippen LogP contribution in [0.15, 0.2) is 47.4 Å². The molecule has 1 heterocycles. The summed E-state index contributed by atoms with van der Waals surface area (Å²) in [5, 5.41) is 15.9. The number of benzene rings is 2. The molecule has 6 nitrogen and oxygen atoms in total. The average Bonchev–Trinajstić information content (AvgIpc) is 3.13. The number of amides is 1. The molecule has 2 aromatic carbocycles. The third kappa shape index (κ3) is 6.14. The SMILES string of the molecule is CCC(N)C(=O)NCC(C)(C)CNc1ccc2c(c1)CN(Sc1ccc(O)cc1)C2. The largest absolute Gasteiger partial charge is 0.508 e. The summed E-state index contributed by atoms with van der Waals surface area (Å²) in [6.45, 7) is 9.27. The van der Waals surface area contributed by atoms with Crippen LogP contribution >= 0.6 is 11.9 Å². The summed E-state index contributed by atoms with van der Waals surface area (Å²) in [6, 6.07) is 13.4. The Balaban J connectivity index is 1.51. The van der Waals surface area contributed by atoms with Gasteiger partial charge in [-0.2, -0.15) is 0 Å². The molecular formula is C23H32N4O2S. The van der Waals surface area contributed by atoms with Crippen LogP contribution in [0.4, 0.5) is 5.69 Å². The number of fused-ring (bicyclic) bond motifs is 1. The Morgan fingerprint density at radius 2 is 1.87 bits per heavy atom. The van der Waals surface area contributed by atoms with Crippen LogP contribution in [0.25, 0.3) is 0 Å². The molecule has 7 heteroatoms. The number of phenolic OH excluding ortho intramolecular Hbond substituents is 1. The maximum absolute atomic E-state index is 11.9. The van der Waals surface area contributed by atoms with Crippen LogP contribution < -0.4 is 16.4 Å². The van der Waals surface area contributed by atoms with Gasteiger partial charge in [-0.15, -0.1) is 0 Å². The summed E-state index contributed by atoms with van der Waals surface area (Å²) in [5.74, 6) is 0.199. The van der Waals surface area contributed by atoms with Crippen molar-refractivity contribution in [2.24, 2.45) is 11.1 Å². The lowest BCUT2D eigenvalue weighted by Gasteiger charge is -2.26. The molecule has 1 aliphatic heterocycles. The minimum atomic E-state index is -0.437. The highest BCUT2D eigenvalue weighted by Gasteiger charge is 2.22. The third-order valence-corrected chi connectivity index (χ3v) is 6.26. The Morgan fingerprint density at radius 1 is 1.17 bits per heavy atom. The molecule has 0 spiro atoms. The average molecular weight is 429 g/mol. The van der Waals surface area contributed by atoms with E-state index in [1.165, 1.54) is 11.1 Å². The maximum Gasteiger partial charge on any atom is 0.236 e. The van der Waals surface area contributed by atoms with Gasteiger partial charge >= 0.3 is 0 Å². The Hall–Kier alpha value is -2.22. The van der Waals surface area contributed by atoms with E-state index in [0.717, 1.165) is 30.2 Å². The van der Waals surface area contributed by atoms with Gasteiger partial charge in [0.2, 0.25) is 5.91 Å². The van der Waals surface area contributed by atoms with Crippen molar-refractivity contribution in [3.05, 3.63) is 53.6 Å². The zero-order valence-corrected chi connectivity index (χ0v) is 18.8. The first-order valence-corrected chi connectivity index (χ1v) is 11.1. The van der Waals surface area contributed by atoms with Crippen LogP contribution in [-0.4, -0.2) is 34.5 Å². The smallest absolute Gasteiger partial charge is 0.236 e. The third-order valence-electron chi connectivity index (χ3n) is 5.26. The molecule has 0 aliphatic carbocycles. The van der Waals surface area contributed by atoms with E-state index in [0.29, 0.717) is 13.0 Å². The summed E-state index contributed by atoms with van der Waals surface area (Å²) >= 11 is 1.70. The monoisotopic (exact) mass is 428 g/mol. The molecule has 0 saturated carbocycles. The number of carbonyl (C=O) groups excluding carboxylic acids is 1. The zero-order valence-electron chi connectivity index (χ0n) is 17.9.